The second kappa shape index (κ2) is 6.38. The first-order valence-corrected chi connectivity index (χ1v) is 7.90. The molecule has 0 unspecified atom stereocenters. The van der Waals surface area contributed by atoms with Crippen molar-refractivity contribution in [2.24, 2.45) is 0 Å². The van der Waals surface area contributed by atoms with Gasteiger partial charge in [-0.05, 0) is 35.9 Å². The highest BCUT2D eigenvalue weighted by Crippen LogP contribution is 2.35. The lowest BCUT2D eigenvalue weighted by molar-refractivity contribution is -0.134. The molecule has 2 aromatic rings. The van der Waals surface area contributed by atoms with Gasteiger partial charge in [0.05, 0.1) is 5.56 Å². The van der Waals surface area contributed by atoms with Crippen LogP contribution in [0.2, 0.25) is 0 Å². The standard InChI is InChI=1S/C18H13BrO4/c1-2-17(20)22-13-6-7-14-15(10-13)23-16(18(14)21)9-11-4-3-5-12(19)8-11/h3-10H,2H2,1H3. The van der Waals surface area contributed by atoms with E-state index in [-0.39, 0.29) is 23.9 Å². The molecule has 0 spiro atoms. The first kappa shape index (κ1) is 15.5. The van der Waals surface area contributed by atoms with Crippen molar-refractivity contribution in [3.8, 4) is 11.5 Å². The molecule has 116 valence electrons. The van der Waals surface area contributed by atoms with Gasteiger partial charge in [0.1, 0.15) is 11.5 Å². The van der Waals surface area contributed by atoms with Crippen molar-refractivity contribution in [3.05, 3.63) is 63.8 Å². The summed E-state index contributed by atoms with van der Waals surface area (Å²) in [5.41, 5.74) is 1.32. The lowest BCUT2D eigenvalue weighted by Crippen LogP contribution is -2.05. The molecule has 0 amide bonds. The van der Waals surface area contributed by atoms with E-state index in [9.17, 15) is 9.59 Å². The first-order valence-electron chi connectivity index (χ1n) is 7.11. The van der Waals surface area contributed by atoms with E-state index in [1.54, 1.807) is 31.2 Å². The first-order chi connectivity index (χ1) is 11.1. The van der Waals surface area contributed by atoms with E-state index in [0.29, 0.717) is 17.1 Å². The SMILES string of the molecule is CCC(=O)Oc1ccc2c(c1)OC(=Cc1cccc(Br)c1)C2=O. The fourth-order valence-corrected chi connectivity index (χ4v) is 2.60. The zero-order valence-corrected chi connectivity index (χ0v) is 13.9. The van der Waals surface area contributed by atoms with Crippen LogP contribution < -0.4 is 9.47 Å². The lowest BCUT2D eigenvalue weighted by atomic mass is 10.1. The Bertz CT molecular complexity index is 824. The predicted molar refractivity (Wildman–Crippen MR) is 89.4 cm³/mol. The van der Waals surface area contributed by atoms with Crippen molar-refractivity contribution in [2.45, 2.75) is 13.3 Å². The van der Waals surface area contributed by atoms with Crippen LogP contribution in [0.3, 0.4) is 0 Å². The number of Topliss-reactive ketones (excluding diaryl/α,β-unsaturated/α-hetero) is 1. The molecule has 3 rings (SSSR count). The molecular formula is C18H13BrO4. The van der Waals surface area contributed by atoms with Gasteiger partial charge in [0.15, 0.2) is 5.76 Å². The van der Waals surface area contributed by atoms with Gasteiger partial charge in [-0.1, -0.05) is 35.0 Å². The molecule has 1 heterocycles. The third kappa shape index (κ3) is 3.35. The van der Waals surface area contributed by atoms with E-state index >= 15 is 0 Å². The van der Waals surface area contributed by atoms with Crippen LogP contribution >= 0.6 is 15.9 Å². The molecule has 0 N–H and O–H groups in total. The van der Waals surface area contributed by atoms with Gasteiger partial charge in [-0.15, -0.1) is 0 Å². The molecule has 1 aliphatic heterocycles. The quantitative estimate of drug-likeness (QED) is 0.455. The van der Waals surface area contributed by atoms with Crippen LogP contribution in [0, 0.1) is 0 Å². The molecule has 0 saturated heterocycles. The largest absolute Gasteiger partial charge is 0.452 e. The highest BCUT2D eigenvalue weighted by molar-refractivity contribution is 9.10. The van der Waals surface area contributed by atoms with Crippen molar-refractivity contribution in [1.29, 1.82) is 0 Å². The summed E-state index contributed by atoms with van der Waals surface area (Å²) < 4.78 is 11.7. The van der Waals surface area contributed by atoms with Gasteiger partial charge in [-0.3, -0.25) is 9.59 Å². The molecule has 5 heteroatoms. The van der Waals surface area contributed by atoms with Gasteiger partial charge in [-0.2, -0.15) is 0 Å². The van der Waals surface area contributed by atoms with Crippen LogP contribution in [-0.2, 0) is 4.79 Å². The molecule has 23 heavy (non-hydrogen) atoms. The summed E-state index contributed by atoms with van der Waals surface area (Å²) in [7, 11) is 0. The highest BCUT2D eigenvalue weighted by atomic mass is 79.9. The van der Waals surface area contributed by atoms with E-state index in [0.717, 1.165) is 10.0 Å². The number of allylic oxidation sites excluding steroid dienone is 1. The average Bonchev–Trinajstić information content (AvgIpc) is 2.83. The Hall–Kier alpha value is -2.40. The summed E-state index contributed by atoms with van der Waals surface area (Å²) in [4.78, 5) is 23.7. The Morgan fingerprint density at radius 2 is 2.09 bits per heavy atom. The molecular weight excluding hydrogens is 360 g/mol. The van der Waals surface area contributed by atoms with Crippen molar-refractivity contribution in [2.75, 3.05) is 0 Å². The minimum atomic E-state index is -0.334. The van der Waals surface area contributed by atoms with Gasteiger partial charge in [-0.25, -0.2) is 0 Å². The maximum Gasteiger partial charge on any atom is 0.310 e. The Labute approximate surface area is 141 Å². The molecule has 0 aliphatic carbocycles. The van der Waals surface area contributed by atoms with Gasteiger partial charge in [0.25, 0.3) is 0 Å². The summed E-state index contributed by atoms with van der Waals surface area (Å²) >= 11 is 3.39. The van der Waals surface area contributed by atoms with Gasteiger partial charge < -0.3 is 9.47 Å². The minimum Gasteiger partial charge on any atom is -0.452 e. The third-order valence-electron chi connectivity index (χ3n) is 3.31. The van der Waals surface area contributed by atoms with E-state index in [1.807, 2.05) is 24.3 Å². The molecule has 0 fully saturated rings. The van der Waals surface area contributed by atoms with Crippen molar-refractivity contribution >= 4 is 33.8 Å². The van der Waals surface area contributed by atoms with Crippen molar-refractivity contribution < 1.29 is 19.1 Å². The van der Waals surface area contributed by atoms with Crippen LogP contribution in [0.5, 0.6) is 11.5 Å². The second-order valence-electron chi connectivity index (χ2n) is 4.98. The number of hydrogen-bond donors (Lipinski definition) is 0. The van der Waals surface area contributed by atoms with Crippen molar-refractivity contribution in [3.63, 3.8) is 0 Å². The predicted octanol–water partition coefficient (Wildman–Crippen LogP) is 4.38. The van der Waals surface area contributed by atoms with Crippen LogP contribution in [0.1, 0.15) is 29.3 Å². The average molecular weight is 373 g/mol. The van der Waals surface area contributed by atoms with Crippen LogP contribution in [-0.4, -0.2) is 11.8 Å². The number of fused-ring (bicyclic) bond motifs is 1. The molecule has 0 saturated carbocycles. The van der Waals surface area contributed by atoms with E-state index in [2.05, 4.69) is 15.9 Å². The zero-order chi connectivity index (χ0) is 16.4. The van der Waals surface area contributed by atoms with Gasteiger partial charge in [0, 0.05) is 17.0 Å². The van der Waals surface area contributed by atoms with Gasteiger partial charge >= 0.3 is 5.97 Å². The molecule has 0 radical (unpaired) electrons. The van der Waals surface area contributed by atoms with Crippen LogP contribution in [0.25, 0.3) is 6.08 Å². The summed E-state index contributed by atoms with van der Waals surface area (Å²) in [6.07, 6.45) is 1.97. The van der Waals surface area contributed by atoms with Crippen molar-refractivity contribution in [1.82, 2.24) is 0 Å². The van der Waals surface area contributed by atoms with Gasteiger partial charge in [0.2, 0.25) is 5.78 Å². The Kier molecular flexibility index (Phi) is 4.30. The monoisotopic (exact) mass is 372 g/mol. The van der Waals surface area contributed by atoms with E-state index < -0.39 is 0 Å². The Morgan fingerprint density at radius 1 is 1.26 bits per heavy atom. The molecule has 0 bridgehead atoms. The number of carbonyl (C=O) groups is 2. The van der Waals surface area contributed by atoms with Crippen LogP contribution in [0.4, 0.5) is 0 Å². The summed E-state index contributed by atoms with van der Waals surface area (Å²) in [5, 5.41) is 0. The third-order valence-corrected chi connectivity index (χ3v) is 3.80. The summed E-state index contributed by atoms with van der Waals surface area (Å²) in [6.45, 7) is 1.72. The molecule has 1 aliphatic rings. The smallest absolute Gasteiger partial charge is 0.310 e. The number of benzene rings is 2. The fourth-order valence-electron chi connectivity index (χ4n) is 2.18. The molecule has 2 aromatic carbocycles. The Balaban J connectivity index is 1.88. The number of carbonyl (C=O) groups excluding carboxylic acids is 2. The molecule has 0 atom stereocenters. The maximum atomic E-state index is 12.4. The number of hydrogen-bond acceptors (Lipinski definition) is 4. The minimum absolute atomic E-state index is 0.187. The van der Waals surface area contributed by atoms with E-state index in [4.69, 9.17) is 9.47 Å². The number of rotatable bonds is 3. The molecule has 4 nitrogen and oxygen atoms in total. The molecule has 0 aromatic heterocycles. The zero-order valence-electron chi connectivity index (χ0n) is 12.3. The topological polar surface area (TPSA) is 52.6 Å². The second-order valence-corrected chi connectivity index (χ2v) is 5.90. The fraction of sp³-hybridized carbons (Fsp3) is 0.111. The highest BCUT2D eigenvalue weighted by Gasteiger charge is 2.27. The maximum absolute atomic E-state index is 12.4. The summed E-state index contributed by atoms with van der Waals surface area (Å²) in [5.74, 6) is 0.495. The number of ether oxygens (including phenoxy) is 2. The summed E-state index contributed by atoms with van der Waals surface area (Å²) in [6, 6.07) is 12.3. The number of ketones is 1. The van der Waals surface area contributed by atoms with E-state index in [1.165, 1.54) is 0 Å². The Morgan fingerprint density at radius 3 is 2.83 bits per heavy atom. The lowest BCUT2D eigenvalue weighted by Gasteiger charge is -2.04. The number of halogens is 1. The number of esters is 1. The van der Waals surface area contributed by atoms with Crippen LogP contribution in [0.15, 0.2) is 52.7 Å². The normalized spacial score (nSPS) is 14.5.